The molecule has 76 heavy (non-hydrogen) atoms. The topological polar surface area (TPSA) is 154 Å². The summed E-state index contributed by atoms with van der Waals surface area (Å²) in [6.45, 7) is 4.99. The van der Waals surface area contributed by atoms with Gasteiger partial charge in [0.05, 0.1) is 19.1 Å². The largest absolute Gasteiger partial charge is 0.457 e. The first kappa shape index (κ1) is 59.1. The molecule has 5 aromatic rings. The summed E-state index contributed by atoms with van der Waals surface area (Å²) in [4.78, 5) is 83.7. The minimum absolute atomic E-state index is 0. The molecule has 2 N–H and O–H groups in total. The lowest BCUT2D eigenvalue weighted by Crippen LogP contribution is -2.57. The molecule has 5 atom stereocenters. The first-order valence-electron chi connectivity index (χ1n) is 25.6. The Bertz CT molecular complexity index is 2730. The van der Waals surface area contributed by atoms with E-state index in [2.05, 4.69) is 26.6 Å². The Morgan fingerprint density at radius 2 is 1.45 bits per heavy atom. The lowest BCUT2D eigenvalue weighted by molar-refractivity contribution is -0.147. The predicted molar refractivity (Wildman–Crippen MR) is 296 cm³/mol. The highest BCUT2D eigenvalue weighted by atomic mass is 35.5. The molecule has 7 rings (SSSR count). The van der Waals surface area contributed by atoms with Crippen LogP contribution in [0.5, 0.6) is 11.5 Å². The van der Waals surface area contributed by atoms with E-state index in [-0.39, 0.29) is 69.9 Å². The molecule has 0 radical (unpaired) electrons. The SMILES string of the molecule is COC[C@@H]1NC(=O)[C@H](C)N(Cc2ccc(Cl)cc2Oc2ccc(-c3cncc(C4CCN(CCF)CC4)c3)cc2)C(=O)C[C@@H](Cc2ccccc2)C(=O)N(C)[C@@H](C)CNC(=O)C[C@H](Cc2ccc(Cl)cc2)N(C)C1=O.Cl. The number of likely N-dealkylation sites (N-methyl/N-ethyl adjacent to an activating group) is 2. The van der Waals surface area contributed by atoms with Gasteiger partial charge >= 0.3 is 0 Å². The van der Waals surface area contributed by atoms with Crippen LogP contribution in [0.3, 0.4) is 0 Å². The third-order valence-corrected chi connectivity index (χ3v) is 15.0. The highest BCUT2D eigenvalue weighted by Crippen LogP contribution is 2.34. The third-order valence-electron chi connectivity index (χ3n) is 14.5. The number of likely N-dealkylation sites (tertiary alicyclic amines) is 1. The molecular formula is C58H69Cl3FN7O7. The van der Waals surface area contributed by atoms with Crippen LogP contribution < -0.4 is 15.4 Å². The van der Waals surface area contributed by atoms with Crippen LogP contribution in [0.4, 0.5) is 4.39 Å². The van der Waals surface area contributed by atoms with Crippen LogP contribution in [-0.2, 0) is 48.1 Å². The number of benzene rings is 4. The van der Waals surface area contributed by atoms with Gasteiger partial charge in [0.2, 0.25) is 29.5 Å². The number of piperidine rings is 1. The van der Waals surface area contributed by atoms with Crippen molar-refractivity contribution in [2.45, 2.75) is 89.0 Å². The van der Waals surface area contributed by atoms with Gasteiger partial charge in [0, 0.05) is 92.8 Å². The monoisotopic (exact) mass is 1100 g/mol. The van der Waals surface area contributed by atoms with E-state index in [1.165, 1.54) is 16.9 Å². The number of carbonyl (C=O) groups excluding carboxylic acids is 5. The van der Waals surface area contributed by atoms with Gasteiger partial charge in [-0.25, -0.2) is 4.39 Å². The van der Waals surface area contributed by atoms with Gasteiger partial charge in [0.15, 0.2) is 0 Å². The van der Waals surface area contributed by atoms with Crippen molar-refractivity contribution < 1.29 is 37.8 Å². The number of methoxy groups -OCH3 is 1. The van der Waals surface area contributed by atoms with E-state index in [0.29, 0.717) is 46.0 Å². The van der Waals surface area contributed by atoms with E-state index < -0.39 is 47.8 Å². The summed E-state index contributed by atoms with van der Waals surface area (Å²) < 4.78 is 25.0. The molecule has 0 bridgehead atoms. The molecule has 2 aliphatic rings. The van der Waals surface area contributed by atoms with E-state index in [0.717, 1.165) is 53.7 Å². The number of hydrogen-bond acceptors (Lipinski definition) is 9. The van der Waals surface area contributed by atoms with Crippen molar-refractivity contribution >= 4 is 65.1 Å². The van der Waals surface area contributed by atoms with Crippen LogP contribution in [0, 0.1) is 5.92 Å². The molecule has 3 heterocycles. The quantitative estimate of drug-likeness (QED) is 0.111. The summed E-state index contributed by atoms with van der Waals surface area (Å²) in [5.74, 6) is -1.99. The van der Waals surface area contributed by atoms with E-state index >= 15 is 4.79 Å². The van der Waals surface area contributed by atoms with Gasteiger partial charge in [0.25, 0.3) is 0 Å². The molecule has 0 aliphatic carbocycles. The number of nitrogens with zero attached hydrogens (tertiary/aromatic N) is 5. The lowest BCUT2D eigenvalue weighted by atomic mass is 9.89. The number of ether oxygens (including phenoxy) is 2. The summed E-state index contributed by atoms with van der Waals surface area (Å²) in [6.07, 6.45) is 5.78. The number of aromatic nitrogens is 1. The highest BCUT2D eigenvalue weighted by molar-refractivity contribution is 6.31. The van der Waals surface area contributed by atoms with Crippen LogP contribution in [0.25, 0.3) is 11.1 Å². The Morgan fingerprint density at radius 1 is 0.763 bits per heavy atom. The number of pyridine rings is 1. The van der Waals surface area contributed by atoms with Gasteiger partial charge in [-0.2, -0.15) is 0 Å². The molecule has 0 unspecified atom stereocenters. The Labute approximate surface area is 462 Å². The summed E-state index contributed by atoms with van der Waals surface area (Å²) >= 11 is 12.8. The first-order valence-corrected chi connectivity index (χ1v) is 26.3. The smallest absolute Gasteiger partial charge is 0.247 e. The molecule has 2 fully saturated rings. The van der Waals surface area contributed by atoms with Crippen molar-refractivity contribution in [3.63, 3.8) is 0 Å². The van der Waals surface area contributed by atoms with Crippen LogP contribution in [0.15, 0.2) is 116 Å². The minimum Gasteiger partial charge on any atom is -0.457 e. The highest BCUT2D eigenvalue weighted by Gasteiger charge is 2.36. The number of hydrogen-bond donors (Lipinski definition) is 2. The normalized spacial score (nSPS) is 21.1. The zero-order valence-electron chi connectivity index (χ0n) is 43.8. The van der Waals surface area contributed by atoms with Gasteiger partial charge < -0.3 is 39.7 Å². The van der Waals surface area contributed by atoms with Crippen molar-refractivity contribution in [2.24, 2.45) is 5.92 Å². The molecule has 406 valence electrons. The average molecular weight is 1100 g/mol. The Balaban J connectivity index is 0.00000937. The van der Waals surface area contributed by atoms with Crippen LogP contribution in [-0.4, -0.2) is 139 Å². The molecule has 1 aromatic heterocycles. The fourth-order valence-electron chi connectivity index (χ4n) is 9.77. The van der Waals surface area contributed by atoms with Crippen LogP contribution in [0.2, 0.25) is 10.0 Å². The number of nitrogens with one attached hydrogen (secondary N) is 2. The second-order valence-electron chi connectivity index (χ2n) is 19.7. The third kappa shape index (κ3) is 16.0. The minimum atomic E-state index is -1.20. The summed E-state index contributed by atoms with van der Waals surface area (Å²) in [5.41, 5.74) is 5.23. The summed E-state index contributed by atoms with van der Waals surface area (Å²) in [7, 11) is 4.65. The van der Waals surface area contributed by atoms with E-state index in [1.807, 2.05) is 86.0 Å². The lowest BCUT2D eigenvalue weighted by Gasteiger charge is -2.35. The molecule has 0 saturated carbocycles. The van der Waals surface area contributed by atoms with Crippen molar-refractivity contribution in [1.82, 2.24) is 35.2 Å². The number of halogens is 4. The number of carbonyl (C=O) groups is 5. The standard InChI is InChI=1S/C58H68Cl2FN7O7.ClH/c1-38-33-63-54(69)32-50(28-41-11-16-48(59)17-12-41)66(4)58(73)52(37-74-5)64-56(71)39(2)68(55(70)30-45(57(72)65(38)3)27-40-9-7-6-8-10-40)36-44-13-18-49(60)31-53(44)75-51-19-14-42(15-20-51)46-29-47(35-62-34-46)43-21-24-67(25-22-43)26-23-61;/h6-20,29,31,34-35,38-39,43,45,50,52H,21-28,30,32-33,36-37H2,1-5H3,(H,63,69)(H,64,71);1H/t38-,39-,45+,50-,52-;/m0./s1. The molecule has 5 amide bonds. The Morgan fingerprint density at radius 3 is 2.13 bits per heavy atom. The zero-order valence-corrected chi connectivity index (χ0v) is 46.1. The molecule has 14 nitrogen and oxygen atoms in total. The van der Waals surface area contributed by atoms with Gasteiger partial charge in [-0.1, -0.05) is 83.9 Å². The van der Waals surface area contributed by atoms with Gasteiger partial charge in [-0.15, -0.1) is 12.4 Å². The molecule has 2 saturated heterocycles. The fraction of sp³-hybridized carbons (Fsp3) is 0.414. The number of amides is 5. The fourth-order valence-corrected chi connectivity index (χ4v) is 10.1. The van der Waals surface area contributed by atoms with Gasteiger partial charge in [-0.05, 0) is 123 Å². The second-order valence-corrected chi connectivity index (χ2v) is 20.6. The summed E-state index contributed by atoms with van der Waals surface area (Å²) in [5, 5.41) is 6.74. The van der Waals surface area contributed by atoms with Crippen molar-refractivity contribution in [2.75, 3.05) is 60.7 Å². The van der Waals surface area contributed by atoms with Crippen LogP contribution in [0.1, 0.15) is 67.7 Å². The zero-order chi connectivity index (χ0) is 53.6. The Kier molecular flexibility index (Phi) is 22.0. The van der Waals surface area contributed by atoms with E-state index in [4.69, 9.17) is 32.7 Å². The van der Waals surface area contributed by atoms with Crippen molar-refractivity contribution in [3.05, 3.63) is 148 Å². The second kappa shape index (κ2) is 28.3. The maximum absolute atomic E-state index is 15.1. The molecule has 0 spiro atoms. The van der Waals surface area contributed by atoms with Crippen LogP contribution >= 0.6 is 35.6 Å². The predicted octanol–water partition coefficient (Wildman–Crippen LogP) is 8.95. The van der Waals surface area contributed by atoms with Crippen molar-refractivity contribution in [3.8, 4) is 22.6 Å². The molecular weight excluding hydrogens is 1030 g/mol. The van der Waals surface area contributed by atoms with E-state index in [9.17, 15) is 23.6 Å². The van der Waals surface area contributed by atoms with Gasteiger partial charge in [-0.3, -0.25) is 29.0 Å². The molecule has 18 heteroatoms. The number of alkyl halides is 1. The maximum Gasteiger partial charge on any atom is 0.247 e. The first-order chi connectivity index (χ1) is 36.1. The molecule has 2 aliphatic heterocycles. The van der Waals surface area contributed by atoms with E-state index in [1.54, 1.807) is 56.3 Å². The Hall–Kier alpha value is -6.10. The summed E-state index contributed by atoms with van der Waals surface area (Å²) in [6, 6.07) is 27.8. The maximum atomic E-state index is 15.1. The van der Waals surface area contributed by atoms with Crippen molar-refractivity contribution in [1.29, 1.82) is 0 Å². The number of rotatable bonds is 14. The molecule has 4 aromatic carbocycles. The van der Waals surface area contributed by atoms with Gasteiger partial charge in [0.1, 0.15) is 30.3 Å². The average Bonchev–Trinajstić information content (AvgIpc) is 3.42.